The van der Waals surface area contributed by atoms with Gasteiger partial charge in [0.15, 0.2) is 0 Å². The molecule has 0 aromatic heterocycles. The van der Waals surface area contributed by atoms with Gasteiger partial charge in [-0.3, -0.25) is 0 Å². The van der Waals surface area contributed by atoms with Crippen LogP contribution in [0.25, 0.3) is 0 Å². The Bertz CT molecular complexity index is 104. The van der Waals surface area contributed by atoms with Crippen molar-refractivity contribution in [3.8, 4) is 0 Å². The molecule has 0 nitrogen and oxygen atoms in total. The predicted octanol–water partition coefficient (Wildman–Crippen LogP) is 2.00. The highest BCUT2D eigenvalue weighted by Gasteiger charge is 2.08. The van der Waals surface area contributed by atoms with Crippen molar-refractivity contribution in [2.45, 2.75) is 64.6 Å². The maximum Gasteiger partial charge on any atom is 0.0184 e. The zero-order valence-electron chi connectivity index (χ0n) is 10.1. The number of rotatable bonds is 8. The maximum absolute atomic E-state index is 2.57. The summed E-state index contributed by atoms with van der Waals surface area (Å²) in [6.45, 7) is 7.44. The fraction of sp³-hybridized carbons (Fsp3) is 1.00. The minimum atomic E-state index is -0.129. The average Bonchev–Trinajstić information content (AvgIpc) is 2.10. The van der Waals surface area contributed by atoms with Crippen LogP contribution in [0.3, 0.4) is 0 Å². The summed E-state index contributed by atoms with van der Waals surface area (Å²) < 4.78 is 0. The van der Waals surface area contributed by atoms with Crippen LogP contribution in [0.2, 0.25) is 19.1 Å². The van der Waals surface area contributed by atoms with Crippen LogP contribution in [0.15, 0.2) is 0 Å². The van der Waals surface area contributed by atoms with E-state index >= 15 is 0 Å². The van der Waals surface area contributed by atoms with E-state index in [1.807, 2.05) is 0 Å². The third kappa shape index (κ3) is 8.97. The summed E-state index contributed by atoms with van der Waals surface area (Å²) in [5, 5.41) is 0. The molecule has 0 N–H and O–H groups in total. The van der Waals surface area contributed by atoms with E-state index in [1.54, 1.807) is 22.2 Å². The van der Waals surface area contributed by atoms with Gasteiger partial charge in [-0.2, -0.15) is 0 Å². The minimum Gasteiger partial charge on any atom is -0.0745 e. The molecule has 0 heterocycles. The quantitative estimate of drug-likeness (QED) is 0.444. The lowest BCUT2D eigenvalue weighted by molar-refractivity contribution is 0.624. The fourth-order valence-corrected chi connectivity index (χ4v) is 7.11. The van der Waals surface area contributed by atoms with Gasteiger partial charge < -0.3 is 0 Å². The largest absolute Gasteiger partial charge is 0.0745 e. The molecule has 0 bridgehead atoms. The monoisotopic (exact) mass is 232 g/mol. The van der Waals surface area contributed by atoms with Gasteiger partial charge in [0.2, 0.25) is 0 Å². The van der Waals surface area contributed by atoms with Crippen molar-refractivity contribution in [2.75, 3.05) is 0 Å². The van der Waals surface area contributed by atoms with Crippen molar-refractivity contribution in [1.29, 1.82) is 0 Å². The van der Waals surface area contributed by atoms with E-state index in [1.165, 1.54) is 32.1 Å². The second-order valence-electron chi connectivity index (χ2n) is 4.78. The van der Waals surface area contributed by atoms with Crippen molar-refractivity contribution in [3.05, 3.63) is 0 Å². The zero-order chi connectivity index (χ0) is 10.1. The molecule has 80 valence electrons. The third-order valence-corrected chi connectivity index (χ3v) is 28.3. The van der Waals surface area contributed by atoms with Gasteiger partial charge in [-0.15, -0.1) is 0 Å². The standard InChI is InChI=1S/C10H28Si3/c1-4-5-6-7-8-9-10-13(11)12(2)3/h12-13H,4-10H2,1-3,11H3. The van der Waals surface area contributed by atoms with Crippen molar-refractivity contribution >= 4 is 25.9 Å². The lowest BCUT2D eigenvalue weighted by atomic mass is 10.1. The van der Waals surface area contributed by atoms with Crippen molar-refractivity contribution in [1.82, 2.24) is 0 Å². The van der Waals surface area contributed by atoms with Gasteiger partial charge in [0.1, 0.15) is 0 Å². The van der Waals surface area contributed by atoms with Crippen LogP contribution in [0.4, 0.5) is 0 Å². The first kappa shape index (κ1) is 13.7. The molecule has 13 heavy (non-hydrogen) atoms. The lowest BCUT2D eigenvalue weighted by Gasteiger charge is -2.11. The van der Waals surface area contributed by atoms with Gasteiger partial charge in [-0.1, -0.05) is 64.6 Å². The van der Waals surface area contributed by atoms with Crippen LogP contribution in [-0.2, 0) is 0 Å². The second-order valence-corrected chi connectivity index (χ2v) is 25.7. The SMILES string of the molecule is CCCCCCCC[SiH]([SiH3])[SiH](C)C. The summed E-state index contributed by atoms with van der Waals surface area (Å²) in [4.78, 5) is 0. The molecule has 0 aliphatic heterocycles. The zero-order valence-corrected chi connectivity index (χ0v) is 14.4. The first-order chi connectivity index (χ1) is 6.18. The predicted molar refractivity (Wildman–Crippen MR) is 74.1 cm³/mol. The average molecular weight is 233 g/mol. The molecule has 0 fully saturated rings. The first-order valence-electron chi connectivity index (χ1n) is 6.18. The summed E-state index contributed by atoms with van der Waals surface area (Å²) in [6.07, 6.45) is 8.96. The Morgan fingerprint density at radius 3 is 2.00 bits per heavy atom. The Kier molecular flexibility index (Phi) is 9.68. The van der Waals surface area contributed by atoms with E-state index in [9.17, 15) is 0 Å². The molecular weight excluding hydrogens is 204 g/mol. The van der Waals surface area contributed by atoms with Crippen LogP contribution in [0, 0.1) is 0 Å². The lowest BCUT2D eigenvalue weighted by Crippen LogP contribution is -2.30. The molecule has 0 saturated heterocycles. The molecule has 0 amide bonds. The fourth-order valence-electron chi connectivity index (χ4n) is 1.58. The van der Waals surface area contributed by atoms with E-state index in [2.05, 4.69) is 20.0 Å². The highest BCUT2D eigenvalue weighted by molar-refractivity contribution is 7.40. The second kappa shape index (κ2) is 9.22. The Morgan fingerprint density at radius 1 is 0.923 bits per heavy atom. The van der Waals surface area contributed by atoms with E-state index in [0.29, 0.717) is 0 Å². The Hall–Kier alpha value is 0.651. The van der Waals surface area contributed by atoms with Crippen molar-refractivity contribution in [3.63, 3.8) is 0 Å². The summed E-state index contributed by atoms with van der Waals surface area (Å²) in [7, 11) is 1.41. The van der Waals surface area contributed by atoms with Gasteiger partial charge in [0.05, 0.1) is 0 Å². The smallest absolute Gasteiger partial charge is 0.0184 e. The summed E-state index contributed by atoms with van der Waals surface area (Å²) >= 11 is 0. The molecule has 1 atom stereocenters. The molecule has 0 radical (unpaired) electrons. The van der Waals surface area contributed by atoms with Crippen LogP contribution in [0.1, 0.15) is 45.4 Å². The Labute approximate surface area is 90.7 Å². The number of unbranched alkanes of at least 4 members (excludes halogenated alkanes) is 5. The number of hydrogen-bond acceptors (Lipinski definition) is 0. The van der Waals surface area contributed by atoms with E-state index in [4.69, 9.17) is 0 Å². The van der Waals surface area contributed by atoms with Crippen molar-refractivity contribution in [2.24, 2.45) is 0 Å². The van der Waals surface area contributed by atoms with E-state index in [0.717, 1.165) is 0 Å². The Morgan fingerprint density at radius 2 is 1.46 bits per heavy atom. The summed E-state index contributed by atoms with van der Waals surface area (Å²) in [6, 6.07) is 1.70. The molecule has 0 rings (SSSR count). The summed E-state index contributed by atoms with van der Waals surface area (Å²) in [5.74, 6) is 0. The number of hydrogen-bond donors (Lipinski definition) is 0. The van der Waals surface area contributed by atoms with Gasteiger partial charge in [-0.25, -0.2) is 0 Å². The van der Waals surface area contributed by atoms with Crippen LogP contribution in [-0.4, -0.2) is 25.9 Å². The Balaban J connectivity index is 3.07. The van der Waals surface area contributed by atoms with Gasteiger partial charge in [-0.05, 0) is 9.76 Å². The molecule has 0 saturated carbocycles. The van der Waals surface area contributed by atoms with Gasteiger partial charge in [0, 0.05) is 16.1 Å². The third-order valence-electron chi connectivity index (χ3n) is 3.15. The van der Waals surface area contributed by atoms with E-state index < -0.39 is 0 Å². The van der Waals surface area contributed by atoms with Crippen molar-refractivity contribution < 1.29 is 0 Å². The normalized spacial score (nSPS) is 13.8. The van der Waals surface area contributed by atoms with Gasteiger partial charge in [0.25, 0.3) is 0 Å². The molecule has 3 heteroatoms. The first-order valence-corrected chi connectivity index (χ1v) is 16.6. The molecule has 0 aliphatic rings. The van der Waals surface area contributed by atoms with Crippen LogP contribution in [0.5, 0.6) is 0 Å². The molecule has 0 aromatic rings. The highest BCUT2D eigenvalue weighted by Crippen LogP contribution is 2.08. The molecular formula is C10H28Si3. The summed E-state index contributed by atoms with van der Waals surface area (Å²) in [5.41, 5.74) is 0. The van der Waals surface area contributed by atoms with Crippen LogP contribution < -0.4 is 0 Å². The molecule has 0 spiro atoms. The molecule has 0 aliphatic carbocycles. The highest BCUT2D eigenvalue weighted by atomic mass is 29.6. The van der Waals surface area contributed by atoms with Gasteiger partial charge >= 0.3 is 0 Å². The van der Waals surface area contributed by atoms with Crippen LogP contribution >= 0.6 is 0 Å². The molecule has 0 aromatic carbocycles. The minimum absolute atomic E-state index is 0.0565. The topological polar surface area (TPSA) is 0 Å². The maximum atomic E-state index is 2.57. The molecule has 1 unspecified atom stereocenters. The van der Waals surface area contributed by atoms with E-state index in [-0.39, 0.29) is 16.1 Å².